The number of anilines is 1. The van der Waals surface area contributed by atoms with Crippen LogP contribution in [0.3, 0.4) is 0 Å². The Morgan fingerprint density at radius 1 is 1.27 bits per heavy atom. The highest BCUT2D eigenvalue weighted by Crippen LogP contribution is 2.29. The van der Waals surface area contributed by atoms with E-state index < -0.39 is 0 Å². The third kappa shape index (κ3) is 1.75. The fraction of sp³-hybridized carbons (Fsp3) is 0.231. The van der Waals surface area contributed by atoms with Crippen molar-refractivity contribution in [2.75, 3.05) is 19.0 Å². The molecule has 0 aliphatic carbocycles. The van der Waals surface area contributed by atoms with Crippen molar-refractivity contribution in [2.24, 2.45) is 0 Å². The molecule has 0 unspecified atom stereocenters. The molecule has 2 heteroatoms. The van der Waals surface area contributed by atoms with Crippen molar-refractivity contribution in [2.45, 2.75) is 6.92 Å². The zero-order chi connectivity index (χ0) is 10.8. The van der Waals surface area contributed by atoms with Crippen molar-refractivity contribution >= 4 is 17.5 Å². The van der Waals surface area contributed by atoms with E-state index in [4.69, 9.17) is 4.74 Å². The second-order valence-electron chi connectivity index (χ2n) is 3.74. The fourth-order valence-electron chi connectivity index (χ4n) is 1.66. The second-order valence-corrected chi connectivity index (χ2v) is 3.74. The van der Waals surface area contributed by atoms with Crippen molar-refractivity contribution < 1.29 is 4.74 Å². The largest absolute Gasteiger partial charge is 0.465 e. The van der Waals surface area contributed by atoms with E-state index >= 15 is 0 Å². The van der Waals surface area contributed by atoms with Crippen LogP contribution in [-0.4, -0.2) is 14.1 Å². The van der Waals surface area contributed by atoms with Crippen LogP contribution in [-0.2, 0) is 4.74 Å². The first-order chi connectivity index (χ1) is 7.22. The first kappa shape index (κ1) is 9.84. The molecule has 0 saturated carbocycles. The Hall–Kier alpha value is -1.70. The Bertz CT molecular complexity index is 430. The maximum Gasteiger partial charge on any atom is 0.130 e. The van der Waals surface area contributed by atoms with Crippen molar-refractivity contribution in [1.82, 2.24) is 0 Å². The standard InChI is InChI=1S/C13H15NO/c1-4-13-12-6-5-11(14(2)3)9-10(12)7-8-15-13/h4-9H,1-3H3/b13-4-. The average molecular weight is 201 g/mol. The average Bonchev–Trinajstić information content (AvgIpc) is 2.27. The summed E-state index contributed by atoms with van der Waals surface area (Å²) in [6.07, 6.45) is 5.71. The predicted molar refractivity (Wildman–Crippen MR) is 64.5 cm³/mol. The molecule has 0 radical (unpaired) electrons. The van der Waals surface area contributed by atoms with Gasteiger partial charge in [0.1, 0.15) is 5.76 Å². The molecule has 0 aromatic heterocycles. The van der Waals surface area contributed by atoms with E-state index in [9.17, 15) is 0 Å². The Morgan fingerprint density at radius 3 is 2.73 bits per heavy atom. The summed E-state index contributed by atoms with van der Waals surface area (Å²) >= 11 is 0. The Balaban J connectivity index is 2.51. The topological polar surface area (TPSA) is 12.5 Å². The molecule has 1 heterocycles. The molecule has 1 aromatic carbocycles. The summed E-state index contributed by atoms with van der Waals surface area (Å²) in [5.41, 5.74) is 3.57. The lowest BCUT2D eigenvalue weighted by molar-refractivity contribution is 0.436. The van der Waals surface area contributed by atoms with E-state index in [-0.39, 0.29) is 0 Å². The molecule has 78 valence electrons. The quantitative estimate of drug-likeness (QED) is 0.692. The van der Waals surface area contributed by atoms with Crippen LogP contribution in [0.2, 0.25) is 0 Å². The number of rotatable bonds is 1. The van der Waals surface area contributed by atoms with Gasteiger partial charge >= 0.3 is 0 Å². The number of hydrogen-bond donors (Lipinski definition) is 0. The molecule has 0 atom stereocenters. The van der Waals surface area contributed by atoms with E-state index in [1.165, 1.54) is 11.3 Å². The van der Waals surface area contributed by atoms with Gasteiger partial charge in [-0.15, -0.1) is 0 Å². The maximum atomic E-state index is 5.42. The molecule has 0 spiro atoms. The van der Waals surface area contributed by atoms with Crippen LogP contribution in [0.5, 0.6) is 0 Å². The number of benzene rings is 1. The van der Waals surface area contributed by atoms with Crippen LogP contribution in [0, 0.1) is 0 Å². The Morgan fingerprint density at radius 2 is 2.07 bits per heavy atom. The third-order valence-electron chi connectivity index (χ3n) is 2.52. The molecule has 0 N–H and O–H groups in total. The van der Waals surface area contributed by atoms with E-state index in [0.717, 1.165) is 11.3 Å². The van der Waals surface area contributed by atoms with Gasteiger partial charge in [-0.05, 0) is 42.8 Å². The highest BCUT2D eigenvalue weighted by Gasteiger charge is 2.11. The highest BCUT2D eigenvalue weighted by atomic mass is 16.5. The highest BCUT2D eigenvalue weighted by molar-refractivity contribution is 5.76. The van der Waals surface area contributed by atoms with E-state index in [1.54, 1.807) is 6.26 Å². The number of ether oxygens (including phenoxy) is 1. The summed E-state index contributed by atoms with van der Waals surface area (Å²) in [6, 6.07) is 6.37. The number of nitrogens with zero attached hydrogens (tertiary/aromatic N) is 1. The molecular weight excluding hydrogens is 186 g/mol. The number of hydrogen-bond acceptors (Lipinski definition) is 2. The molecule has 0 bridgehead atoms. The van der Waals surface area contributed by atoms with Crippen molar-refractivity contribution in [1.29, 1.82) is 0 Å². The molecule has 0 amide bonds. The van der Waals surface area contributed by atoms with Crippen LogP contribution in [0.1, 0.15) is 18.1 Å². The smallest absolute Gasteiger partial charge is 0.130 e. The van der Waals surface area contributed by atoms with Gasteiger partial charge in [-0.2, -0.15) is 0 Å². The van der Waals surface area contributed by atoms with Gasteiger partial charge in [0, 0.05) is 25.3 Å². The van der Waals surface area contributed by atoms with Crippen molar-refractivity contribution in [3.63, 3.8) is 0 Å². The Kier molecular flexibility index (Phi) is 2.50. The minimum absolute atomic E-state index is 0.929. The lowest BCUT2D eigenvalue weighted by atomic mass is 10.0. The molecule has 1 aliphatic rings. The summed E-state index contributed by atoms with van der Waals surface area (Å²) < 4.78 is 5.42. The molecule has 2 nitrogen and oxygen atoms in total. The van der Waals surface area contributed by atoms with Gasteiger partial charge in [-0.3, -0.25) is 0 Å². The molecule has 2 rings (SSSR count). The Labute approximate surface area is 90.5 Å². The lowest BCUT2D eigenvalue weighted by Gasteiger charge is -2.18. The van der Waals surface area contributed by atoms with Crippen LogP contribution in [0.25, 0.3) is 11.8 Å². The van der Waals surface area contributed by atoms with Gasteiger partial charge in [-0.1, -0.05) is 0 Å². The predicted octanol–water partition coefficient (Wildman–Crippen LogP) is 3.11. The second kappa shape index (κ2) is 3.81. The first-order valence-electron chi connectivity index (χ1n) is 5.03. The van der Waals surface area contributed by atoms with Gasteiger partial charge in [0.15, 0.2) is 0 Å². The SMILES string of the molecule is C/C=C1\OC=Cc2cc(N(C)C)ccc21. The fourth-order valence-corrected chi connectivity index (χ4v) is 1.66. The molecule has 15 heavy (non-hydrogen) atoms. The monoisotopic (exact) mass is 201 g/mol. The molecule has 0 fully saturated rings. The zero-order valence-electron chi connectivity index (χ0n) is 9.32. The van der Waals surface area contributed by atoms with Gasteiger partial charge in [0.25, 0.3) is 0 Å². The minimum atomic E-state index is 0.929. The number of fused-ring (bicyclic) bond motifs is 1. The zero-order valence-corrected chi connectivity index (χ0v) is 9.32. The van der Waals surface area contributed by atoms with Gasteiger partial charge in [-0.25, -0.2) is 0 Å². The lowest BCUT2D eigenvalue weighted by Crippen LogP contribution is -2.09. The van der Waals surface area contributed by atoms with Crippen molar-refractivity contribution in [3.8, 4) is 0 Å². The molecular formula is C13H15NO. The van der Waals surface area contributed by atoms with Gasteiger partial charge < -0.3 is 9.64 Å². The van der Waals surface area contributed by atoms with E-state index in [1.807, 2.05) is 33.2 Å². The third-order valence-corrected chi connectivity index (χ3v) is 2.52. The van der Waals surface area contributed by atoms with Crippen LogP contribution in [0.4, 0.5) is 5.69 Å². The van der Waals surface area contributed by atoms with Gasteiger partial charge in [0.2, 0.25) is 0 Å². The summed E-state index contributed by atoms with van der Waals surface area (Å²) in [7, 11) is 4.09. The van der Waals surface area contributed by atoms with Crippen LogP contribution < -0.4 is 4.90 Å². The van der Waals surface area contributed by atoms with Crippen LogP contribution >= 0.6 is 0 Å². The maximum absolute atomic E-state index is 5.42. The summed E-state index contributed by atoms with van der Waals surface area (Å²) in [5.74, 6) is 0.929. The summed E-state index contributed by atoms with van der Waals surface area (Å²) in [5, 5.41) is 0. The van der Waals surface area contributed by atoms with Crippen LogP contribution in [0.15, 0.2) is 30.5 Å². The minimum Gasteiger partial charge on any atom is -0.465 e. The van der Waals surface area contributed by atoms with E-state index in [0.29, 0.717) is 0 Å². The van der Waals surface area contributed by atoms with E-state index in [2.05, 4.69) is 23.1 Å². The van der Waals surface area contributed by atoms with Crippen molar-refractivity contribution in [3.05, 3.63) is 41.7 Å². The number of allylic oxidation sites excluding steroid dienone is 1. The molecule has 0 saturated heterocycles. The van der Waals surface area contributed by atoms with Gasteiger partial charge in [0.05, 0.1) is 6.26 Å². The normalized spacial score (nSPS) is 16.1. The molecule has 1 aliphatic heterocycles. The molecule has 1 aromatic rings. The first-order valence-corrected chi connectivity index (χ1v) is 5.03. The summed E-state index contributed by atoms with van der Waals surface area (Å²) in [6.45, 7) is 1.98. The summed E-state index contributed by atoms with van der Waals surface area (Å²) in [4.78, 5) is 2.10.